The number of benzene rings is 1. The minimum atomic E-state index is -2.87. The van der Waals surface area contributed by atoms with Gasteiger partial charge >= 0.3 is 0 Å². The molecule has 0 radical (unpaired) electrons. The molecule has 1 heterocycles. The first kappa shape index (κ1) is 13.1. The predicted octanol–water partition coefficient (Wildman–Crippen LogP) is 1.23. The van der Waals surface area contributed by atoms with Gasteiger partial charge in [-0.05, 0) is 31.0 Å². The zero-order valence-corrected chi connectivity index (χ0v) is 11.1. The molecular formula is C13H16N2O2S. The second kappa shape index (κ2) is 4.71. The van der Waals surface area contributed by atoms with Gasteiger partial charge in [0.15, 0.2) is 9.84 Å². The van der Waals surface area contributed by atoms with Crippen molar-refractivity contribution in [3.8, 4) is 6.07 Å². The van der Waals surface area contributed by atoms with Crippen LogP contribution in [0.1, 0.15) is 24.5 Å². The number of nitrogens with zero attached hydrogens (tertiary/aromatic N) is 1. The van der Waals surface area contributed by atoms with Gasteiger partial charge in [-0.25, -0.2) is 8.42 Å². The molecule has 0 saturated carbocycles. The van der Waals surface area contributed by atoms with Gasteiger partial charge in [-0.2, -0.15) is 5.26 Å². The number of sulfone groups is 1. The second-order valence-corrected chi connectivity index (χ2v) is 7.25. The summed E-state index contributed by atoms with van der Waals surface area (Å²) in [6.07, 6.45) is 0.658. The fourth-order valence-electron chi connectivity index (χ4n) is 2.16. The van der Waals surface area contributed by atoms with Crippen LogP contribution in [-0.2, 0) is 16.4 Å². The highest BCUT2D eigenvalue weighted by atomic mass is 32.2. The maximum atomic E-state index is 11.5. The van der Waals surface area contributed by atoms with Crippen LogP contribution in [0.2, 0.25) is 0 Å². The quantitative estimate of drug-likeness (QED) is 0.891. The lowest BCUT2D eigenvalue weighted by Crippen LogP contribution is -2.42. The molecular weight excluding hydrogens is 248 g/mol. The fraction of sp³-hybridized carbons (Fsp3) is 0.462. The van der Waals surface area contributed by atoms with Crippen molar-refractivity contribution in [2.45, 2.75) is 25.4 Å². The Morgan fingerprint density at radius 3 is 2.56 bits per heavy atom. The lowest BCUT2D eigenvalue weighted by molar-refractivity contribution is 0.395. The largest absolute Gasteiger partial charge is 0.306 e. The lowest BCUT2D eigenvalue weighted by Gasteiger charge is -2.24. The van der Waals surface area contributed by atoms with Crippen molar-refractivity contribution in [1.29, 1.82) is 5.26 Å². The van der Waals surface area contributed by atoms with Crippen LogP contribution >= 0.6 is 0 Å². The molecule has 1 aliphatic heterocycles. The predicted molar refractivity (Wildman–Crippen MR) is 69.7 cm³/mol. The fourth-order valence-corrected chi connectivity index (χ4v) is 4.29. The first-order valence-corrected chi connectivity index (χ1v) is 7.69. The van der Waals surface area contributed by atoms with Gasteiger partial charge in [0, 0.05) is 12.1 Å². The van der Waals surface area contributed by atoms with Gasteiger partial charge < -0.3 is 5.32 Å². The highest BCUT2D eigenvalue weighted by Gasteiger charge is 2.37. The first-order valence-electron chi connectivity index (χ1n) is 5.87. The summed E-state index contributed by atoms with van der Waals surface area (Å²) in [7, 11) is -2.87. The van der Waals surface area contributed by atoms with E-state index in [1.807, 2.05) is 19.1 Å². The third-order valence-electron chi connectivity index (χ3n) is 3.31. The second-order valence-electron chi connectivity index (χ2n) is 5.06. The number of hydrogen-bond donors (Lipinski definition) is 1. The molecule has 0 bridgehead atoms. The Labute approximate surface area is 108 Å². The van der Waals surface area contributed by atoms with Crippen LogP contribution in [0, 0.1) is 11.3 Å². The Kier molecular flexibility index (Phi) is 3.42. The van der Waals surface area contributed by atoms with Crippen molar-refractivity contribution in [2.24, 2.45) is 0 Å². The van der Waals surface area contributed by atoms with E-state index in [9.17, 15) is 8.42 Å². The average molecular weight is 264 g/mol. The third kappa shape index (κ3) is 3.09. The van der Waals surface area contributed by atoms with Crippen molar-refractivity contribution in [3.05, 3.63) is 35.4 Å². The van der Waals surface area contributed by atoms with Crippen LogP contribution in [0.5, 0.6) is 0 Å². The Morgan fingerprint density at radius 1 is 1.39 bits per heavy atom. The minimum absolute atomic E-state index is 0.205. The molecule has 1 fully saturated rings. The highest BCUT2D eigenvalue weighted by Crippen LogP contribution is 2.23. The lowest BCUT2D eigenvalue weighted by atomic mass is 10.0. The molecule has 1 saturated heterocycles. The van der Waals surface area contributed by atoms with E-state index in [1.165, 1.54) is 0 Å². The van der Waals surface area contributed by atoms with Gasteiger partial charge in [0.2, 0.25) is 0 Å². The molecule has 5 heteroatoms. The standard InChI is InChI=1S/C13H16N2O2S/c1-13(6-7-18(16,17)10-13)15-9-12-4-2-11(8-14)3-5-12/h2-5,15H,6-7,9-10H2,1H3. The Hall–Kier alpha value is -1.38. The van der Waals surface area contributed by atoms with Gasteiger partial charge in [-0.15, -0.1) is 0 Å². The summed E-state index contributed by atoms with van der Waals surface area (Å²) in [6.45, 7) is 2.57. The van der Waals surface area contributed by atoms with Crippen molar-refractivity contribution in [2.75, 3.05) is 11.5 Å². The zero-order chi connectivity index (χ0) is 13.2. The van der Waals surface area contributed by atoms with Gasteiger partial charge in [0.25, 0.3) is 0 Å². The summed E-state index contributed by atoms with van der Waals surface area (Å²) in [6, 6.07) is 9.38. The summed E-state index contributed by atoms with van der Waals surface area (Å²) in [4.78, 5) is 0. The Bertz CT molecular complexity index is 572. The van der Waals surface area contributed by atoms with Gasteiger partial charge in [0.1, 0.15) is 0 Å². The number of rotatable bonds is 3. The summed E-state index contributed by atoms with van der Waals surface area (Å²) in [5.74, 6) is 0.472. The third-order valence-corrected chi connectivity index (χ3v) is 5.21. The van der Waals surface area contributed by atoms with Crippen LogP contribution in [-0.4, -0.2) is 25.5 Å². The van der Waals surface area contributed by atoms with Crippen LogP contribution < -0.4 is 5.32 Å². The molecule has 1 aromatic carbocycles. The molecule has 4 nitrogen and oxygen atoms in total. The molecule has 1 aromatic rings. The maximum absolute atomic E-state index is 11.5. The van der Waals surface area contributed by atoms with E-state index in [-0.39, 0.29) is 17.0 Å². The minimum Gasteiger partial charge on any atom is -0.306 e. The monoisotopic (exact) mass is 264 g/mol. The molecule has 1 aliphatic rings. The van der Waals surface area contributed by atoms with Gasteiger partial charge in [-0.3, -0.25) is 0 Å². The topological polar surface area (TPSA) is 70.0 Å². The van der Waals surface area contributed by atoms with Crippen molar-refractivity contribution >= 4 is 9.84 Å². The SMILES string of the molecule is CC1(NCc2ccc(C#N)cc2)CCS(=O)(=O)C1. The van der Waals surface area contributed by atoms with Crippen molar-refractivity contribution in [3.63, 3.8) is 0 Å². The molecule has 2 rings (SSSR count). The van der Waals surface area contributed by atoms with Gasteiger partial charge in [0.05, 0.1) is 23.1 Å². The van der Waals surface area contributed by atoms with Gasteiger partial charge in [-0.1, -0.05) is 12.1 Å². The molecule has 18 heavy (non-hydrogen) atoms. The number of nitrogens with one attached hydrogen (secondary N) is 1. The van der Waals surface area contributed by atoms with E-state index in [1.54, 1.807) is 12.1 Å². The van der Waals surface area contributed by atoms with E-state index < -0.39 is 9.84 Å². The molecule has 0 amide bonds. The summed E-state index contributed by atoms with van der Waals surface area (Å²) >= 11 is 0. The summed E-state index contributed by atoms with van der Waals surface area (Å²) < 4.78 is 22.9. The number of hydrogen-bond acceptors (Lipinski definition) is 4. The first-order chi connectivity index (χ1) is 8.42. The average Bonchev–Trinajstić information content (AvgIpc) is 2.62. The van der Waals surface area contributed by atoms with Crippen molar-refractivity contribution in [1.82, 2.24) is 5.32 Å². The smallest absolute Gasteiger partial charge is 0.152 e. The Morgan fingerprint density at radius 2 is 2.06 bits per heavy atom. The highest BCUT2D eigenvalue weighted by molar-refractivity contribution is 7.91. The maximum Gasteiger partial charge on any atom is 0.152 e. The molecule has 0 spiro atoms. The van der Waals surface area contributed by atoms with Crippen LogP contribution in [0.3, 0.4) is 0 Å². The molecule has 1 unspecified atom stereocenters. The Balaban J connectivity index is 1.98. The van der Waals surface area contributed by atoms with E-state index >= 15 is 0 Å². The van der Waals surface area contributed by atoms with Crippen LogP contribution in [0.15, 0.2) is 24.3 Å². The van der Waals surface area contributed by atoms with E-state index in [0.717, 1.165) is 5.56 Å². The van der Waals surface area contributed by atoms with E-state index in [2.05, 4.69) is 11.4 Å². The normalized spacial score (nSPS) is 25.8. The zero-order valence-electron chi connectivity index (χ0n) is 10.3. The summed E-state index contributed by atoms with van der Waals surface area (Å²) in [5.41, 5.74) is 1.36. The van der Waals surface area contributed by atoms with E-state index in [0.29, 0.717) is 18.5 Å². The van der Waals surface area contributed by atoms with Crippen molar-refractivity contribution < 1.29 is 8.42 Å². The number of nitriles is 1. The molecule has 1 atom stereocenters. The molecule has 1 N–H and O–H groups in total. The molecule has 0 aromatic heterocycles. The molecule has 0 aliphatic carbocycles. The van der Waals surface area contributed by atoms with E-state index in [4.69, 9.17) is 5.26 Å². The molecule has 96 valence electrons. The van der Waals surface area contributed by atoms with Crippen LogP contribution in [0.25, 0.3) is 0 Å². The summed E-state index contributed by atoms with van der Waals surface area (Å²) in [5, 5.41) is 12.0. The van der Waals surface area contributed by atoms with Crippen LogP contribution in [0.4, 0.5) is 0 Å².